The van der Waals surface area contributed by atoms with Crippen molar-refractivity contribution >= 4 is 5.65 Å². The van der Waals surface area contributed by atoms with Gasteiger partial charge < -0.3 is 14.3 Å². The minimum absolute atomic E-state index is 0.163. The maximum atomic E-state index is 13.4. The Balaban J connectivity index is 1.78. The van der Waals surface area contributed by atoms with E-state index < -0.39 is 31.8 Å². The van der Waals surface area contributed by atoms with Crippen molar-refractivity contribution < 1.29 is 22.0 Å². The molecule has 0 radical (unpaired) electrons. The van der Waals surface area contributed by atoms with E-state index in [9.17, 15) is 22.0 Å². The molecule has 0 aliphatic carbocycles. The molecule has 5 nitrogen and oxygen atoms in total. The summed E-state index contributed by atoms with van der Waals surface area (Å²) in [5.41, 5.74) is 3.25. The fraction of sp³-hybridized carbons (Fsp3) is 0.238. The quantitative estimate of drug-likeness (QED) is 0.411. The van der Waals surface area contributed by atoms with Crippen LogP contribution in [-0.2, 0) is 13.1 Å². The summed E-state index contributed by atoms with van der Waals surface area (Å²) in [5, 5.41) is 2.65. The van der Waals surface area contributed by atoms with Crippen molar-refractivity contribution in [3.63, 3.8) is 0 Å². The first kappa shape index (κ1) is 21.0. The average molecular weight is 435 g/mol. The van der Waals surface area contributed by atoms with Gasteiger partial charge in [0.15, 0.2) is 0 Å². The smallest absolute Gasteiger partial charge is 0.256 e. The summed E-state index contributed by atoms with van der Waals surface area (Å²) in [6, 6.07) is 9.05. The second-order valence-corrected chi connectivity index (χ2v) is 6.91. The second-order valence-electron chi connectivity index (χ2n) is 6.91. The third-order valence-corrected chi connectivity index (χ3v) is 4.75. The number of alkyl halides is 4. The van der Waals surface area contributed by atoms with Crippen LogP contribution in [0.3, 0.4) is 0 Å². The highest BCUT2D eigenvalue weighted by atomic mass is 19.3. The molecular formula is C21H18F5N5. The van der Waals surface area contributed by atoms with Gasteiger partial charge in [-0.05, 0) is 36.4 Å². The van der Waals surface area contributed by atoms with Crippen molar-refractivity contribution in [3.05, 3.63) is 66.6 Å². The molecule has 3 aromatic heterocycles. The normalized spacial score (nSPS) is 11.8. The van der Waals surface area contributed by atoms with Gasteiger partial charge in [0.1, 0.15) is 11.5 Å². The van der Waals surface area contributed by atoms with Gasteiger partial charge in [-0.25, -0.2) is 31.9 Å². The third-order valence-electron chi connectivity index (χ3n) is 4.75. The van der Waals surface area contributed by atoms with Gasteiger partial charge in [0.05, 0.1) is 42.7 Å². The van der Waals surface area contributed by atoms with Crippen LogP contribution in [0.5, 0.6) is 0 Å². The van der Waals surface area contributed by atoms with E-state index in [1.807, 2.05) is 0 Å². The van der Waals surface area contributed by atoms with Gasteiger partial charge in [-0.2, -0.15) is 0 Å². The highest BCUT2D eigenvalue weighted by molar-refractivity contribution is 5.79. The highest BCUT2D eigenvalue weighted by Gasteiger charge is 2.19. The average Bonchev–Trinajstić information content (AvgIpc) is 3.32. The molecule has 0 atom stereocenters. The predicted molar refractivity (Wildman–Crippen MR) is 106 cm³/mol. The minimum atomic E-state index is -2.60. The van der Waals surface area contributed by atoms with E-state index in [1.165, 1.54) is 35.2 Å². The lowest BCUT2D eigenvalue weighted by atomic mass is 10.1. The van der Waals surface area contributed by atoms with Crippen LogP contribution in [0.1, 0.15) is 5.69 Å². The summed E-state index contributed by atoms with van der Waals surface area (Å²) in [5.74, 6) is -0.418. The first-order chi connectivity index (χ1) is 14.9. The number of rotatable bonds is 8. The maximum Gasteiger partial charge on any atom is 0.256 e. The third kappa shape index (κ3) is 4.58. The lowest BCUT2D eigenvalue weighted by Crippen LogP contribution is -2.21. The molecule has 4 aromatic rings. The van der Waals surface area contributed by atoms with Crippen LogP contribution in [0.25, 0.3) is 28.2 Å². The van der Waals surface area contributed by atoms with Crippen molar-refractivity contribution in [1.82, 2.24) is 24.3 Å². The zero-order chi connectivity index (χ0) is 22.0. The second kappa shape index (κ2) is 8.84. The van der Waals surface area contributed by atoms with Gasteiger partial charge in [-0.3, -0.25) is 0 Å². The molecule has 10 heteroatoms. The van der Waals surface area contributed by atoms with Crippen LogP contribution >= 0.6 is 0 Å². The molecule has 162 valence electrons. The Labute approximate surface area is 174 Å². The van der Waals surface area contributed by atoms with E-state index in [1.54, 1.807) is 28.9 Å². The number of benzene rings is 1. The van der Waals surface area contributed by atoms with Crippen molar-refractivity contribution in [1.29, 1.82) is 0 Å². The molecule has 1 N–H and O–H groups in total. The summed E-state index contributed by atoms with van der Waals surface area (Å²) >= 11 is 0. The Morgan fingerprint density at radius 1 is 0.903 bits per heavy atom. The Morgan fingerprint density at radius 2 is 1.65 bits per heavy atom. The fourth-order valence-electron chi connectivity index (χ4n) is 3.40. The standard InChI is InChI=1S/C21H18F5N5/c22-15-4-1-13(2-5-15)20-21(30(12-29-20)11-18(25)26)14-3-6-19-28-8-16(31(19)10-14)7-27-9-17(23)24/h1-6,8,10,12,17-18,27H,7,9,11H2. The van der Waals surface area contributed by atoms with Gasteiger partial charge in [0, 0.05) is 23.9 Å². The zero-order valence-electron chi connectivity index (χ0n) is 16.2. The number of hydrogen-bond donors (Lipinski definition) is 1. The number of aromatic nitrogens is 4. The minimum Gasteiger partial charge on any atom is -0.324 e. The molecule has 0 saturated carbocycles. The van der Waals surface area contributed by atoms with Gasteiger partial charge in [-0.1, -0.05) is 0 Å². The number of hydrogen-bond acceptors (Lipinski definition) is 3. The summed E-state index contributed by atoms with van der Waals surface area (Å²) in [6.45, 7) is -0.854. The van der Waals surface area contributed by atoms with Crippen LogP contribution in [0.15, 0.2) is 55.1 Å². The van der Waals surface area contributed by atoms with Crippen LogP contribution < -0.4 is 5.32 Å². The summed E-state index contributed by atoms with van der Waals surface area (Å²) < 4.78 is 67.6. The van der Waals surface area contributed by atoms with Gasteiger partial charge >= 0.3 is 0 Å². The molecule has 0 bridgehead atoms. The molecule has 0 aliphatic rings. The molecule has 0 saturated heterocycles. The summed E-state index contributed by atoms with van der Waals surface area (Å²) in [4.78, 5) is 8.54. The number of imidazole rings is 2. The predicted octanol–water partition coefficient (Wildman–Crippen LogP) is 4.62. The molecule has 31 heavy (non-hydrogen) atoms. The molecule has 0 amide bonds. The molecule has 0 fully saturated rings. The maximum absolute atomic E-state index is 13.4. The Hall–Kier alpha value is -3.27. The van der Waals surface area contributed by atoms with Gasteiger partial charge in [0.25, 0.3) is 12.9 Å². The van der Waals surface area contributed by atoms with Gasteiger partial charge in [0.2, 0.25) is 0 Å². The number of nitrogens with one attached hydrogen (secondary N) is 1. The van der Waals surface area contributed by atoms with Crippen LogP contribution in [0, 0.1) is 5.82 Å². The SMILES string of the molecule is Fc1ccc(-c2ncn(CC(F)F)c2-c2ccc3ncc(CNCC(F)F)n3c2)cc1. The van der Waals surface area contributed by atoms with E-state index >= 15 is 0 Å². The first-order valence-corrected chi connectivity index (χ1v) is 9.47. The summed E-state index contributed by atoms with van der Waals surface area (Å²) in [7, 11) is 0. The number of fused-ring (bicyclic) bond motifs is 1. The van der Waals surface area contributed by atoms with E-state index in [4.69, 9.17) is 0 Å². The molecule has 3 heterocycles. The van der Waals surface area contributed by atoms with Crippen molar-refractivity contribution in [2.24, 2.45) is 0 Å². The zero-order valence-corrected chi connectivity index (χ0v) is 16.2. The van der Waals surface area contributed by atoms with E-state index in [-0.39, 0.29) is 6.54 Å². The van der Waals surface area contributed by atoms with Crippen molar-refractivity contribution in [2.45, 2.75) is 25.9 Å². The summed E-state index contributed by atoms with van der Waals surface area (Å²) in [6.07, 6.45) is -0.483. The molecule has 1 aromatic carbocycles. The largest absolute Gasteiger partial charge is 0.324 e. The Morgan fingerprint density at radius 3 is 2.35 bits per heavy atom. The molecule has 0 unspecified atom stereocenters. The van der Waals surface area contributed by atoms with Crippen LogP contribution in [-0.4, -0.2) is 38.3 Å². The van der Waals surface area contributed by atoms with E-state index in [2.05, 4.69) is 15.3 Å². The van der Waals surface area contributed by atoms with E-state index in [0.717, 1.165) is 0 Å². The van der Waals surface area contributed by atoms with Gasteiger partial charge in [-0.15, -0.1) is 0 Å². The monoisotopic (exact) mass is 435 g/mol. The van der Waals surface area contributed by atoms with Crippen LogP contribution in [0.4, 0.5) is 22.0 Å². The number of nitrogens with zero attached hydrogens (tertiary/aromatic N) is 4. The van der Waals surface area contributed by atoms with Crippen LogP contribution in [0.2, 0.25) is 0 Å². The lowest BCUT2D eigenvalue weighted by Gasteiger charge is -2.12. The van der Waals surface area contributed by atoms with Crippen molar-refractivity contribution in [3.8, 4) is 22.5 Å². The van der Waals surface area contributed by atoms with E-state index in [0.29, 0.717) is 33.9 Å². The molecular weight excluding hydrogens is 417 g/mol. The molecule has 0 spiro atoms. The fourth-order valence-corrected chi connectivity index (χ4v) is 3.40. The topological polar surface area (TPSA) is 47.2 Å². The number of halogens is 5. The molecule has 4 rings (SSSR count). The van der Waals surface area contributed by atoms with Crippen molar-refractivity contribution in [2.75, 3.05) is 6.54 Å². The molecule has 0 aliphatic heterocycles. The Kier molecular flexibility index (Phi) is 5.99. The highest BCUT2D eigenvalue weighted by Crippen LogP contribution is 2.32. The Bertz CT molecular complexity index is 1170. The number of pyridine rings is 1. The first-order valence-electron chi connectivity index (χ1n) is 9.47. The lowest BCUT2D eigenvalue weighted by molar-refractivity contribution is 0.127.